The molecule has 3 heterocycles. The minimum absolute atomic E-state index is 0.742. The first-order valence-electron chi connectivity index (χ1n) is 6.76. The van der Waals surface area contributed by atoms with E-state index in [0.717, 1.165) is 49.0 Å². The first-order chi connectivity index (χ1) is 9.38. The van der Waals surface area contributed by atoms with Crippen molar-refractivity contribution in [3.05, 3.63) is 12.7 Å². The van der Waals surface area contributed by atoms with Crippen molar-refractivity contribution in [2.45, 2.75) is 19.3 Å². The molecule has 19 heavy (non-hydrogen) atoms. The Morgan fingerprint density at radius 1 is 1.32 bits per heavy atom. The van der Waals surface area contributed by atoms with Crippen LogP contribution in [-0.4, -0.2) is 46.7 Å². The molecule has 6 heteroatoms. The molecule has 3 rings (SSSR count). The van der Waals surface area contributed by atoms with E-state index >= 15 is 0 Å². The minimum Gasteiger partial charge on any atom is -0.385 e. The lowest BCUT2D eigenvalue weighted by atomic mass is 9.94. The number of imidazole rings is 1. The lowest BCUT2D eigenvalue weighted by Crippen LogP contribution is -2.34. The maximum Gasteiger partial charge on any atom is 0.182 e. The van der Waals surface area contributed by atoms with Crippen LogP contribution >= 0.6 is 0 Å². The van der Waals surface area contributed by atoms with Crippen LogP contribution in [0, 0.1) is 5.92 Å². The number of nitrogens with zero attached hydrogens (tertiary/aromatic N) is 4. The van der Waals surface area contributed by atoms with Crippen LogP contribution in [0.4, 0.5) is 5.82 Å². The van der Waals surface area contributed by atoms with Crippen molar-refractivity contribution in [2.75, 3.05) is 31.7 Å². The predicted molar refractivity (Wildman–Crippen MR) is 73.1 cm³/mol. The van der Waals surface area contributed by atoms with Crippen LogP contribution in [0.5, 0.6) is 0 Å². The van der Waals surface area contributed by atoms with Crippen LogP contribution in [0.2, 0.25) is 0 Å². The Labute approximate surface area is 112 Å². The summed E-state index contributed by atoms with van der Waals surface area (Å²) in [7, 11) is 1.77. The third-order valence-corrected chi connectivity index (χ3v) is 3.85. The highest BCUT2D eigenvalue weighted by Crippen LogP contribution is 2.26. The fraction of sp³-hybridized carbons (Fsp3) is 0.615. The van der Waals surface area contributed by atoms with Crippen molar-refractivity contribution in [1.82, 2.24) is 19.9 Å². The Kier molecular flexibility index (Phi) is 3.59. The molecular formula is C13H19N5O. The number of aromatic amines is 1. The molecule has 0 atom stereocenters. The molecule has 6 nitrogen and oxygen atoms in total. The maximum atomic E-state index is 5.16. The molecule has 102 valence electrons. The molecule has 1 aliphatic heterocycles. The number of piperidine rings is 1. The molecule has 0 unspecified atom stereocenters. The number of anilines is 1. The third-order valence-electron chi connectivity index (χ3n) is 3.85. The monoisotopic (exact) mass is 261 g/mol. The van der Waals surface area contributed by atoms with Crippen LogP contribution in [0.3, 0.4) is 0 Å². The molecule has 1 saturated heterocycles. The lowest BCUT2D eigenvalue weighted by molar-refractivity contribution is 0.170. The number of H-pyrrole nitrogens is 1. The second kappa shape index (κ2) is 5.52. The highest BCUT2D eigenvalue weighted by Gasteiger charge is 2.21. The summed E-state index contributed by atoms with van der Waals surface area (Å²) in [5.74, 6) is 1.75. The van der Waals surface area contributed by atoms with E-state index in [2.05, 4.69) is 24.8 Å². The number of nitrogens with one attached hydrogen (secondary N) is 1. The van der Waals surface area contributed by atoms with Gasteiger partial charge >= 0.3 is 0 Å². The molecule has 1 fully saturated rings. The molecular weight excluding hydrogens is 242 g/mol. The van der Waals surface area contributed by atoms with Crippen LogP contribution in [-0.2, 0) is 4.74 Å². The molecule has 0 radical (unpaired) electrons. The van der Waals surface area contributed by atoms with Crippen molar-refractivity contribution in [3.8, 4) is 0 Å². The third kappa shape index (κ3) is 2.53. The second-order valence-electron chi connectivity index (χ2n) is 5.01. The molecule has 0 bridgehead atoms. The van der Waals surface area contributed by atoms with Gasteiger partial charge in [-0.25, -0.2) is 15.0 Å². The van der Waals surface area contributed by atoms with Gasteiger partial charge in [-0.1, -0.05) is 0 Å². The summed E-state index contributed by atoms with van der Waals surface area (Å²) < 4.78 is 5.16. The van der Waals surface area contributed by atoms with Gasteiger partial charge in [0.05, 0.1) is 6.33 Å². The first kappa shape index (κ1) is 12.3. The van der Waals surface area contributed by atoms with Crippen molar-refractivity contribution < 1.29 is 4.74 Å². The normalized spacial score (nSPS) is 17.2. The van der Waals surface area contributed by atoms with Gasteiger partial charge in [-0.15, -0.1) is 0 Å². The molecule has 1 N–H and O–H groups in total. The van der Waals surface area contributed by atoms with Crippen LogP contribution in [0.15, 0.2) is 12.7 Å². The van der Waals surface area contributed by atoms with E-state index in [0.29, 0.717) is 0 Å². The summed E-state index contributed by atoms with van der Waals surface area (Å²) in [5, 5.41) is 0. The van der Waals surface area contributed by atoms with Crippen molar-refractivity contribution in [1.29, 1.82) is 0 Å². The van der Waals surface area contributed by atoms with Gasteiger partial charge in [-0.2, -0.15) is 0 Å². The zero-order valence-corrected chi connectivity index (χ0v) is 11.2. The number of fused-ring (bicyclic) bond motifs is 1. The Morgan fingerprint density at radius 3 is 2.95 bits per heavy atom. The van der Waals surface area contributed by atoms with Gasteiger partial charge < -0.3 is 14.6 Å². The summed E-state index contributed by atoms with van der Waals surface area (Å²) in [6.45, 7) is 2.95. The highest BCUT2D eigenvalue weighted by molar-refractivity contribution is 5.82. The van der Waals surface area contributed by atoms with Crippen molar-refractivity contribution in [3.63, 3.8) is 0 Å². The van der Waals surface area contributed by atoms with Gasteiger partial charge in [0.1, 0.15) is 11.8 Å². The number of hydrogen-bond acceptors (Lipinski definition) is 5. The molecule has 0 spiro atoms. The first-order valence-corrected chi connectivity index (χ1v) is 6.76. The van der Waals surface area contributed by atoms with Gasteiger partial charge in [0.2, 0.25) is 0 Å². The number of methoxy groups -OCH3 is 1. The quantitative estimate of drug-likeness (QED) is 0.905. The van der Waals surface area contributed by atoms with Gasteiger partial charge in [0.25, 0.3) is 0 Å². The molecule has 0 amide bonds. The molecule has 0 aromatic carbocycles. The smallest absolute Gasteiger partial charge is 0.182 e. The zero-order valence-electron chi connectivity index (χ0n) is 11.2. The predicted octanol–water partition coefficient (Wildman–Crippen LogP) is 1.61. The van der Waals surface area contributed by atoms with Crippen LogP contribution in [0.1, 0.15) is 19.3 Å². The van der Waals surface area contributed by atoms with Gasteiger partial charge in [-0.05, 0) is 25.2 Å². The Bertz CT molecular complexity index is 533. The van der Waals surface area contributed by atoms with Crippen molar-refractivity contribution >= 4 is 17.0 Å². The van der Waals surface area contributed by atoms with E-state index in [-0.39, 0.29) is 0 Å². The van der Waals surface area contributed by atoms with Gasteiger partial charge in [0.15, 0.2) is 11.5 Å². The standard InChI is InChI=1S/C13H19N5O/c1-19-7-4-10-2-5-18(6-3-10)13-11-12(15-8-14-11)16-9-17-13/h8-10H,2-7H2,1H3,(H,14,15,16,17). The number of aromatic nitrogens is 4. The topological polar surface area (TPSA) is 66.9 Å². The summed E-state index contributed by atoms with van der Waals surface area (Å²) >= 11 is 0. The average Bonchev–Trinajstić information content (AvgIpc) is 2.94. The summed E-state index contributed by atoms with van der Waals surface area (Å²) in [6.07, 6.45) is 6.82. The van der Waals surface area contributed by atoms with E-state index in [1.807, 2.05) is 0 Å². The van der Waals surface area contributed by atoms with Crippen LogP contribution in [0.25, 0.3) is 11.2 Å². The second-order valence-corrected chi connectivity index (χ2v) is 5.01. The van der Waals surface area contributed by atoms with Gasteiger partial charge in [0, 0.05) is 26.8 Å². The Morgan fingerprint density at radius 2 is 2.16 bits per heavy atom. The Hall–Kier alpha value is -1.69. The summed E-state index contributed by atoms with van der Waals surface area (Å²) in [5.41, 5.74) is 1.68. The maximum absolute atomic E-state index is 5.16. The lowest BCUT2D eigenvalue weighted by Gasteiger charge is -2.32. The van der Waals surface area contributed by atoms with E-state index in [4.69, 9.17) is 4.74 Å². The fourth-order valence-corrected chi connectivity index (χ4v) is 2.71. The van der Waals surface area contributed by atoms with Crippen LogP contribution < -0.4 is 4.90 Å². The molecule has 2 aromatic rings. The molecule has 1 aliphatic rings. The summed E-state index contributed by atoms with van der Waals surface area (Å²) in [6, 6.07) is 0. The summed E-state index contributed by atoms with van der Waals surface area (Å²) in [4.78, 5) is 18.2. The number of rotatable bonds is 4. The van der Waals surface area contributed by atoms with E-state index < -0.39 is 0 Å². The van der Waals surface area contributed by atoms with Crippen molar-refractivity contribution in [2.24, 2.45) is 5.92 Å². The Balaban J connectivity index is 1.69. The molecule has 0 aliphatic carbocycles. The highest BCUT2D eigenvalue weighted by atomic mass is 16.5. The van der Waals surface area contributed by atoms with E-state index in [9.17, 15) is 0 Å². The minimum atomic E-state index is 0.742. The molecule has 2 aromatic heterocycles. The number of ether oxygens (including phenoxy) is 1. The van der Waals surface area contributed by atoms with E-state index in [1.54, 1.807) is 19.8 Å². The zero-order chi connectivity index (χ0) is 13.1. The van der Waals surface area contributed by atoms with Gasteiger partial charge in [-0.3, -0.25) is 0 Å². The average molecular weight is 261 g/mol. The SMILES string of the molecule is COCCC1CCN(c2ncnc3nc[nH]c23)CC1. The van der Waals surface area contributed by atoms with E-state index in [1.165, 1.54) is 12.8 Å². The largest absolute Gasteiger partial charge is 0.385 e. The fourth-order valence-electron chi connectivity index (χ4n) is 2.71. The number of hydrogen-bond donors (Lipinski definition) is 1. The molecule has 0 saturated carbocycles.